The lowest BCUT2D eigenvalue weighted by molar-refractivity contribution is -0.145. The van der Waals surface area contributed by atoms with Gasteiger partial charge in [0.2, 0.25) is 5.91 Å². The standard InChI is InChI=1S/C13H15NO5/c1-7(8(2)12(16)17)11(15)14-10-6-4-3-5-9(10)13(18)19/h3-8H,1-2H3,(H,14,15)(H,16,17)(H,18,19). The molecule has 0 aliphatic rings. The first-order chi connectivity index (χ1) is 8.84. The number of hydrogen-bond donors (Lipinski definition) is 3. The molecule has 0 aliphatic heterocycles. The number of rotatable bonds is 5. The number of para-hydroxylation sites is 1. The molecule has 6 nitrogen and oxygen atoms in total. The summed E-state index contributed by atoms with van der Waals surface area (Å²) in [4.78, 5) is 33.6. The first-order valence-electron chi connectivity index (χ1n) is 5.70. The Hall–Kier alpha value is -2.37. The summed E-state index contributed by atoms with van der Waals surface area (Å²) in [6.07, 6.45) is 0. The van der Waals surface area contributed by atoms with Gasteiger partial charge in [-0.25, -0.2) is 4.79 Å². The van der Waals surface area contributed by atoms with Crippen LogP contribution in [0.2, 0.25) is 0 Å². The van der Waals surface area contributed by atoms with Crippen molar-refractivity contribution in [3.63, 3.8) is 0 Å². The summed E-state index contributed by atoms with van der Waals surface area (Å²) < 4.78 is 0. The molecule has 0 saturated carbocycles. The van der Waals surface area contributed by atoms with E-state index in [0.717, 1.165) is 0 Å². The van der Waals surface area contributed by atoms with Crippen molar-refractivity contribution in [2.45, 2.75) is 13.8 Å². The van der Waals surface area contributed by atoms with Gasteiger partial charge in [0.1, 0.15) is 0 Å². The molecule has 1 amide bonds. The molecule has 1 aromatic rings. The summed E-state index contributed by atoms with van der Waals surface area (Å²) in [5, 5.41) is 20.2. The van der Waals surface area contributed by atoms with E-state index >= 15 is 0 Å². The van der Waals surface area contributed by atoms with Crippen LogP contribution in [0.25, 0.3) is 0 Å². The van der Waals surface area contributed by atoms with Crippen molar-refractivity contribution >= 4 is 23.5 Å². The highest BCUT2D eigenvalue weighted by atomic mass is 16.4. The predicted molar refractivity (Wildman–Crippen MR) is 68.0 cm³/mol. The molecule has 2 unspecified atom stereocenters. The van der Waals surface area contributed by atoms with Crippen LogP contribution < -0.4 is 5.32 Å². The van der Waals surface area contributed by atoms with E-state index in [1.807, 2.05) is 0 Å². The fraction of sp³-hybridized carbons (Fsp3) is 0.308. The second-order valence-corrected chi connectivity index (χ2v) is 4.26. The van der Waals surface area contributed by atoms with E-state index in [2.05, 4.69) is 5.32 Å². The Kier molecular flexibility index (Phi) is 4.63. The molecule has 0 aromatic heterocycles. The van der Waals surface area contributed by atoms with Crippen molar-refractivity contribution < 1.29 is 24.6 Å². The Morgan fingerprint density at radius 2 is 1.63 bits per heavy atom. The first-order valence-corrected chi connectivity index (χ1v) is 5.70. The monoisotopic (exact) mass is 265 g/mol. The van der Waals surface area contributed by atoms with E-state index in [4.69, 9.17) is 10.2 Å². The summed E-state index contributed by atoms with van der Waals surface area (Å²) >= 11 is 0. The molecule has 3 N–H and O–H groups in total. The van der Waals surface area contributed by atoms with Gasteiger partial charge in [-0.1, -0.05) is 26.0 Å². The van der Waals surface area contributed by atoms with Gasteiger partial charge in [-0.2, -0.15) is 0 Å². The second-order valence-electron chi connectivity index (χ2n) is 4.26. The maximum Gasteiger partial charge on any atom is 0.337 e. The molecule has 0 heterocycles. The maximum absolute atomic E-state index is 11.9. The summed E-state index contributed by atoms with van der Waals surface area (Å²) in [6, 6.07) is 5.96. The minimum absolute atomic E-state index is 0.0361. The lowest BCUT2D eigenvalue weighted by Gasteiger charge is -2.16. The maximum atomic E-state index is 11.9. The highest BCUT2D eigenvalue weighted by Crippen LogP contribution is 2.18. The molecule has 19 heavy (non-hydrogen) atoms. The number of carboxylic acids is 2. The van der Waals surface area contributed by atoms with Crippen LogP contribution in [-0.2, 0) is 9.59 Å². The van der Waals surface area contributed by atoms with Gasteiger partial charge >= 0.3 is 11.9 Å². The third kappa shape index (κ3) is 3.54. The van der Waals surface area contributed by atoms with Gasteiger partial charge < -0.3 is 15.5 Å². The number of benzene rings is 1. The largest absolute Gasteiger partial charge is 0.481 e. The van der Waals surface area contributed by atoms with E-state index in [0.29, 0.717) is 0 Å². The lowest BCUT2D eigenvalue weighted by atomic mass is 9.95. The van der Waals surface area contributed by atoms with Crippen LogP contribution in [0.15, 0.2) is 24.3 Å². The highest BCUT2D eigenvalue weighted by molar-refractivity contribution is 6.01. The fourth-order valence-electron chi connectivity index (χ4n) is 1.47. The second kappa shape index (κ2) is 5.99. The summed E-state index contributed by atoms with van der Waals surface area (Å²) in [6.45, 7) is 2.91. The Morgan fingerprint density at radius 1 is 1.05 bits per heavy atom. The number of nitrogens with one attached hydrogen (secondary N) is 1. The number of amides is 1. The zero-order valence-electron chi connectivity index (χ0n) is 10.6. The van der Waals surface area contributed by atoms with Gasteiger partial charge in [-0.15, -0.1) is 0 Å². The smallest absolute Gasteiger partial charge is 0.337 e. The number of aliphatic carboxylic acids is 1. The number of hydrogen-bond acceptors (Lipinski definition) is 3. The molecule has 1 rings (SSSR count). The zero-order chi connectivity index (χ0) is 14.6. The number of carbonyl (C=O) groups is 3. The van der Waals surface area contributed by atoms with Crippen LogP contribution in [0.1, 0.15) is 24.2 Å². The molecule has 0 fully saturated rings. The Morgan fingerprint density at radius 3 is 2.16 bits per heavy atom. The van der Waals surface area contributed by atoms with Gasteiger partial charge in [-0.05, 0) is 12.1 Å². The Bertz CT molecular complexity index is 512. The van der Waals surface area contributed by atoms with Gasteiger partial charge in [0.15, 0.2) is 0 Å². The van der Waals surface area contributed by atoms with Crippen molar-refractivity contribution in [2.24, 2.45) is 11.8 Å². The van der Waals surface area contributed by atoms with Crippen molar-refractivity contribution in [2.75, 3.05) is 5.32 Å². The molecule has 0 spiro atoms. The van der Waals surface area contributed by atoms with Gasteiger partial charge in [0.25, 0.3) is 0 Å². The SMILES string of the molecule is CC(C(=O)O)C(C)C(=O)Nc1ccccc1C(=O)O. The van der Waals surface area contributed by atoms with Crippen molar-refractivity contribution in [1.29, 1.82) is 0 Å². The van der Waals surface area contributed by atoms with Crippen molar-refractivity contribution in [1.82, 2.24) is 0 Å². The van der Waals surface area contributed by atoms with Crippen LogP contribution >= 0.6 is 0 Å². The van der Waals surface area contributed by atoms with E-state index in [1.54, 1.807) is 12.1 Å². The molecular formula is C13H15NO5. The third-order valence-electron chi connectivity index (χ3n) is 2.97. The van der Waals surface area contributed by atoms with Crippen molar-refractivity contribution in [3.8, 4) is 0 Å². The quantitative estimate of drug-likeness (QED) is 0.751. The van der Waals surface area contributed by atoms with Gasteiger partial charge in [-0.3, -0.25) is 9.59 Å². The molecule has 0 bridgehead atoms. The van der Waals surface area contributed by atoms with Crippen LogP contribution in [0, 0.1) is 11.8 Å². The summed E-state index contributed by atoms with van der Waals surface area (Å²) in [5.41, 5.74) is 0.121. The van der Waals surface area contributed by atoms with Crippen LogP contribution in [0.5, 0.6) is 0 Å². The van der Waals surface area contributed by atoms with Gasteiger partial charge in [0, 0.05) is 5.92 Å². The molecule has 1 aromatic carbocycles. The number of carbonyl (C=O) groups excluding carboxylic acids is 1. The number of aromatic carboxylic acids is 1. The lowest BCUT2D eigenvalue weighted by Crippen LogP contribution is -2.30. The normalized spacial score (nSPS) is 13.4. The molecule has 0 aliphatic carbocycles. The minimum atomic E-state index is -1.16. The minimum Gasteiger partial charge on any atom is -0.481 e. The Labute approximate surface area is 110 Å². The average molecular weight is 265 g/mol. The zero-order valence-corrected chi connectivity index (χ0v) is 10.6. The predicted octanol–water partition coefficient (Wildman–Crippen LogP) is 1.68. The molecule has 102 valence electrons. The van der Waals surface area contributed by atoms with E-state index in [-0.39, 0.29) is 11.3 Å². The van der Waals surface area contributed by atoms with Crippen LogP contribution in [0.4, 0.5) is 5.69 Å². The number of anilines is 1. The molecule has 2 atom stereocenters. The topological polar surface area (TPSA) is 104 Å². The van der Waals surface area contributed by atoms with E-state index in [9.17, 15) is 14.4 Å². The number of carboxylic acid groups (broad SMARTS) is 2. The molecular weight excluding hydrogens is 250 g/mol. The average Bonchev–Trinajstić information content (AvgIpc) is 2.37. The Balaban J connectivity index is 2.88. The third-order valence-corrected chi connectivity index (χ3v) is 2.97. The molecule has 6 heteroatoms. The van der Waals surface area contributed by atoms with Gasteiger partial charge in [0.05, 0.1) is 17.2 Å². The van der Waals surface area contributed by atoms with E-state index < -0.39 is 29.7 Å². The summed E-state index contributed by atoms with van der Waals surface area (Å²) in [5.74, 6) is -4.37. The molecule has 0 radical (unpaired) electrons. The molecule has 0 saturated heterocycles. The summed E-state index contributed by atoms with van der Waals surface area (Å²) in [7, 11) is 0. The van der Waals surface area contributed by atoms with Crippen molar-refractivity contribution in [3.05, 3.63) is 29.8 Å². The fourth-order valence-corrected chi connectivity index (χ4v) is 1.47. The van der Waals surface area contributed by atoms with Crippen LogP contribution in [-0.4, -0.2) is 28.1 Å². The van der Waals surface area contributed by atoms with Crippen LogP contribution in [0.3, 0.4) is 0 Å². The van der Waals surface area contributed by atoms with E-state index in [1.165, 1.54) is 26.0 Å². The first kappa shape index (κ1) is 14.7. The highest BCUT2D eigenvalue weighted by Gasteiger charge is 2.26.